The maximum atomic E-state index is 12.2. The number of rotatable bonds is 6. The quantitative estimate of drug-likeness (QED) is 0.784. The Morgan fingerprint density at radius 1 is 1.15 bits per heavy atom. The fraction of sp³-hybridized carbons (Fsp3) is 0.938. The topological polar surface area (TPSA) is 52.6 Å². The summed E-state index contributed by atoms with van der Waals surface area (Å²) in [5.41, 5.74) is 0. The first-order valence-electron chi connectivity index (χ1n) is 8.36. The predicted molar refractivity (Wildman–Crippen MR) is 80.5 cm³/mol. The summed E-state index contributed by atoms with van der Waals surface area (Å²) in [6, 6.07) is 0.870. The Morgan fingerprint density at radius 2 is 1.75 bits per heavy atom. The molecule has 116 valence electrons. The van der Waals surface area contributed by atoms with Crippen molar-refractivity contribution >= 4 is 5.91 Å². The van der Waals surface area contributed by atoms with Crippen molar-refractivity contribution in [2.75, 3.05) is 13.1 Å². The Kier molecular flexibility index (Phi) is 6.30. The minimum absolute atomic E-state index is 0.142. The number of carbonyl (C=O) groups is 1. The molecule has 0 saturated heterocycles. The third kappa shape index (κ3) is 5.06. The van der Waals surface area contributed by atoms with Crippen LogP contribution in [-0.4, -0.2) is 47.2 Å². The van der Waals surface area contributed by atoms with Gasteiger partial charge in [-0.25, -0.2) is 0 Å². The van der Waals surface area contributed by atoms with Crippen LogP contribution in [0.4, 0.5) is 0 Å². The molecule has 2 saturated carbocycles. The van der Waals surface area contributed by atoms with E-state index in [4.69, 9.17) is 0 Å². The molecule has 0 bridgehead atoms. The lowest BCUT2D eigenvalue weighted by Gasteiger charge is -2.34. The van der Waals surface area contributed by atoms with E-state index in [9.17, 15) is 9.90 Å². The first-order chi connectivity index (χ1) is 9.65. The number of nitrogens with zero attached hydrogens (tertiary/aromatic N) is 1. The fourth-order valence-corrected chi connectivity index (χ4v) is 3.66. The van der Waals surface area contributed by atoms with Gasteiger partial charge >= 0.3 is 0 Å². The van der Waals surface area contributed by atoms with Gasteiger partial charge in [0.15, 0.2) is 0 Å². The van der Waals surface area contributed by atoms with Crippen LogP contribution in [0, 0.1) is 0 Å². The van der Waals surface area contributed by atoms with Crippen LogP contribution in [0.1, 0.15) is 64.7 Å². The molecular weight excluding hydrogens is 252 g/mol. The van der Waals surface area contributed by atoms with Crippen LogP contribution in [0.5, 0.6) is 0 Å². The van der Waals surface area contributed by atoms with Crippen LogP contribution in [0.25, 0.3) is 0 Å². The predicted octanol–water partition coefficient (Wildman–Crippen LogP) is 2.06. The molecule has 0 spiro atoms. The van der Waals surface area contributed by atoms with Gasteiger partial charge in [-0.1, -0.05) is 32.1 Å². The molecule has 0 heterocycles. The third-order valence-electron chi connectivity index (χ3n) is 4.66. The molecule has 1 unspecified atom stereocenters. The third-order valence-corrected chi connectivity index (χ3v) is 4.66. The molecule has 2 aliphatic carbocycles. The average Bonchev–Trinajstić information content (AvgIpc) is 2.91. The van der Waals surface area contributed by atoms with Gasteiger partial charge in [0.1, 0.15) is 0 Å². The van der Waals surface area contributed by atoms with Crippen molar-refractivity contribution in [2.24, 2.45) is 0 Å². The number of amides is 1. The number of hydrogen-bond acceptors (Lipinski definition) is 3. The number of carbonyl (C=O) groups excluding carboxylic acids is 1. The molecule has 0 aromatic rings. The summed E-state index contributed by atoms with van der Waals surface area (Å²) in [7, 11) is 0. The molecule has 0 radical (unpaired) electrons. The van der Waals surface area contributed by atoms with E-state index in [1.54, 1.807) is 0 Å². The highest BCUT2D eigenvalue weighted by Gasteiger charge is 2.25. The van der Waals surface area contributed by atoms with Crippen molar-refractivity contribution in [3.05, 3.63) is 0 Å². The van der Waals surface area contributed by atoms with Crippen LogP contribution in [-0.2, 0) is 4.79 Å². The van der Waals surface area contributed by atoms with E-state index >= 15 is 0 Å². The number of hydrogen-bond donors (Lipinski definition) is 2. The minimum atomic E-state index is -0.365. The summed E-state index contributed by atoms with van der Waals surface area (Å²) in [5.74, 6) is 0.142. The van der Waals surface area contributed by atoms with E-state index in [0.29, 0.717) is 25.2 Å². The molecule has 2 fully saturated rings. The monoisotopic (exact) mass is 282 g/mol. The van der Waals surface area contributed by atoms with Crippen LogP contribution in [0.15, 0.2) is 0 Å². The molecule has 0 aromatic carbocycles. The Labute approximate surface area is 122 Å². The van der Waals surface area contributed by atoms with E-state index in [1.165, 1.54) is 44.9 Å². The van der Waals surface area contributed by atoms with Gasteiger partial charge in [-0.15, -0.1) is 0 Å². The highest BCUT2D eigenvalue weighted by Crippen LogP contribution is 2.23. The number of aliphatic hydroxyl groups excluding tert-OH is 1. The molecule has 2 rings (SSSR count). The summed E-state index contributed by atoms with van der Waals surface area (Å²) in [4.78, 5) is 14.4. The molecule has 4 nitrogen and oxygen atoms in total. The Hall–Kier alpha value is -0.610. The lowest BCUT2D eigenvalue weighted by Crippen LogP contribution is -2.48. The fourth-order valence-electron chi connectivity index (χ4n) is 3.66. The van der Waals surface area contributed by atoms with E-state index in [-0.39, 0.29) is 12.0 Å². The number of nitrogens with one attached hydrogen (secondary N) is 1. The van der Waals surface area contributed by atoms with E-state index in [2.05, 4.69) is 10.2 Å². The van der Waals surface area contributed by atoms with Gasteiger partial charge in [0.25, 0.3) is 0 Å². The van der Waals surface area contributed by atoms with Crippen molar-refractivity contribution in [3.8, 4) is 0 Å². The lowest BCUT2D eigenvalue weighted by atomic mass is 9.94. The number of aliphatic hydroxyl groups is 1. The summed E-state index contributed by atoms with van der Waals surface area (Å²) in [6.07, 6.45) is 10.5. The summed E-state index contributed by atoms with van der Waals surface area (Å²) >= 11 is 0. The zero-order valence-corrected chi connectivity index (χ0v) is 12.8. The van der Waals surface area contributed by atoms with Crippen molar-refractivity contribution in [3.63, 3.8) is 0 Å². The Bertz CT molecular complexity index is 295. The van der Waals surface area contributed by atoms with Gasteiger partial charge in [-0.2, -0.15) is 0 Å². The van der Waals surface area contributed by atoms with Crippen LogP contribution in [0.3, 0.4) is 0 Å². The first kappa shape index (κ1) is 15.8. The van der Waals surface area contributed by atoms with Crippen LogP contribution in [0.2, 0.25) is 0 Å². The van der Waals surface area contributed by atoms with Crippen LogP contribution < -0.4 is 5.32 Å². The van der Waals surface area contributed by atoms with Crippen LogP contribution >= 0.6 is 0 Å². The van der Waals surface area contributed by atoms with E-state index in [1.807, 2.05) is 6.92 Å². The summed E-state index contributed by atoms with van der Waals surface area (Å²) in [6.45, 7) is 2.87. The minimum Gasteiger partial charge on any atom is -0.392 e. The van der Waals surface area contributed by atoms with Gasteiger partial charge < -0.3 is 10.4 Å². The molecule has 0 aliphatic heterocycles. The molecule has 1 atom stereocenters. The second-order valence-electron chi connectivity index (χ2n) is 6.62. The van der Waals surface area contributed by atoms with Crippen molar-refractivity contribution in [1.82, 2.24) is 10.2 Å². The van der Waals surface area contributed by atoms with Gasteiger partial charge in [-0.05, 0) is 32.6 Å². The zero-order chi connectivity index (χ0) is 14.4. The van der Waals surface area contributed by atoms with Crippen molar-refractivity contribution in [1.29, 1.82) is 0 Å². The van der Waals surface area contributed by atoms with E-state index in [0.717, 1.165) is 12.8 Å². The van der Waals surface area contributed by atoms with Crippen molar-refractivity contribution in [2.45, 2.75) is 82.9 Å². The van der Waals surface area contributed by atoms with Crippen molar-refractivity contribution < 1.29 is 9.90 Å². The first-order valence-corrected chi connectivity index (χ1v) is 8.36. The van der Waals surface area contributed by atoms with Gasteiger partial charge in [0.2, 0.25) is 5.91 Å². The van der Waals surface area contributed by atoms with E-state index < -0.39 is 0 Å². The lowest BCUT2D eigenvalue weighted by molar-refractivity contribution is -0.124. The highest BCUT2D eigenvalue weighted by atomic mass is 16.3. The SMILES string of the molecule is CC(O)CN(CC(=O)NC1CCCC1)C1CCCCC1. The standard InChI is InChI=1S/C16H30N2O2/c1-13(19)11-18(15-9-3-2-4-10-15)12-16(20)17-14-7-5-6-8-14/h13-15,19H,2-12H2,1H3,(H,17,20). The molecule has 2 N–H and O–H groups in total. The molecule has 4 heteroatoms. The van der Waals surface area contributed by atoms with Gasteiger partial charge in [0, 0.05) is 18.6 Å². The Balaban J connectivity index is 1.83. The second-order valence-corrected chi connectivity index (χ2v) is 6.62. The summed E-state index contributed by atoms with van der Waals surface area (Å²) < 4.78 is 0. The Morgan fingerprint density at radius 3 is 2.35 bits per heavy atom. The van der Waals surface area contributed by atoms with Gasteiger partial charge in [0.05, 0.1) is 12.6 Å². The highest BCUT2D eigenvalue weighted by molar-refractivity contribution is 5.78. The average molecular weight is 282 g/mol. The normalized spacial score (nSPS) is 23.1. The molecule has 2 aliphatic rings. The maximum absolute atomic E-state index is 12.2. The second kappa shape index (κ2) is 7.99. The molecule has 1 amide bonds. The largest absolute Gasteiger partial charge is 0.392 e. The zero-order valence-electron chi connectivity index (χ0n) is 12.8. The maximum Gasteiger partial charge on any atom is 0.234 e. The smallest absolute Gasteiger partial charge is 0.234 e. The summed E-state index contributed by atoms with van der Waals surface area (Å²) in [5, 5.41) is 12.8. The molecular formula is C16H30N2O2. The van der Waals surface area contributed by atoms with Gasteiger partial charge in [-0.3, -0.25) is 9.69 Å². The molecule has 20 heavy (non-hydrogen) atoms. The molecule has 0 aromatic heterocycles.